The quantitative estimate of drug-likeness (QED) is 0.778. The number of benzene rings is 1. The van der Waals surface area contributed by atoms with Crippen molar-refractivity contribution in [3.8, 4) is 0 Å². The number of rotatable bonds is 1. The number of likely N-dealkylation sites (tertiary alicyclic amines) is 1. The number of piperidine rings is 1. The van der Waals surface area contributed by atoms with Gasteiger partial charge in [-0.3, -0.25) is 4.79 Å². The number of halogens is 1. The van der Waals surface area contributed by atoms with Gasteiger partial charge in [-0.15, -0.1) is 0 Å². The number of carbonyl (C=O) groups excluding carboxylic acids is 1. The zero-order valence-electron chi connectivity index (χ0n) is 10.8. The maximum Gasteiger partial charge on any atom is 0.255 e. The first-order chi connectivity index (χ1) is 8.47. The monoisotopic (exact) mass is 250 g/mol. The van der Waals surface area contributed by atoms with Crippen molar-refractivity contribution in [3.63, 3.8) is 0 Å². The summed E-state index contributed by atoms with van der Waals surface area (Å²) >= 11 is 0. The van der Waals surface area contributed by atoms with Crippen LogP contribution in [0.1, 0.15) is 30.6 Å². The van der Waals surface area contributed by atoms with Crippen LogP contribution in [-0.2, 0) is 0 Å². The summed E-state index contributed by atoms with van der Waals surface area (Å²) in [6.07, 6.45) is 1.14. The molecule has 3 nitrogen and oxygen atoms in total. The second-order valence-electron chi connectivity index (χ2n) is 5.39. The van der Waals surface area contributed by atoms with Crippen LogP contribution in [0.15, 0.2) is 18.2 Å². The molecule has 0 aliphatic carbocycles. The Balaban J connectivity index is 2.20. The fourth-order valence-corrected chi connectivity index (χ4v) is 2.73. The Bertz CT molecular complexity index is 451. The van der Waals surface area contributed by atoms with Gasteiger partial charge in [0.25, 0.3) is 5.91 Å². The number of hydrogen-bond acceptors (Lipinski definition) is 2. The molecule has 2 atom stereocenters. The molecule has 4 heteroatoms. The van der Waals surface area contributed by atoms with Crippen molar-refractivity contribution in [1.29, 1.82) is 0 Å². The van der Waals surface area contributed by atoms with Gasteiger partial charge in [0.15, 0.2) is 0 Å². The van der Waals surface area contributed by atoms with Crippen LogP contribution in [0, 0.1) is 17.7 Å². The summed E-state index contributed by atoms with van der Waals surface area (Å²) in [6.45, 7) is 5.79. The van der Waals surface area contributed by atoms with Crippen molar-refractivity contribution in [1.82, 2.24) is 4.90 Å². The molecule has 0 bridgehead atoms. The van der Waals surface area contributed by atoms with E-state index in [0.29, 0.717) is 17.4 Å². The molecular weight excluding hydrogens is 231 g/mol. The second-order valence-corrected chi connectivity index (χ2v) is 5.39. The summed E-state index contributed by atoms with van der Waals surface area (Å²) < 4.78 is 13.0. The number of nitrogen functional groups attached to an aromatic ring is 1. The number of hydrogen-bond donors (Lipinski definition) is 1. The Morgan fingerprint density at radius 2 is 1.94 bits per heavy atom. The summed E-state index contributed by atoms with van der Waals surface area (Å²) in [4.78, 5) is 14.2. The average molecular weight is 250 g/mol. The Kier molecular flexibility index (Phi) is 3.55. The van der Waals surface area contributed by atoms with Crippen molar-refractivity contribution in [2.24, 2.45) is 11.8 Å². The molecule has 1 aromatic rings. The molecule has 98 valence electrons. The Labute approximate surface area is 107 Å². The molecule has 1 saturated heterocycles. The van der Waals surface area contributed by atoms with Crippen LogP contribution in [0.2, 0.25) is 0 Å². The molecule has 2 rings (SSSR count). The lowest BCUT2D eigenvalue weighted by Crippen LogP contribution is -2.42. The van der Waals surface area contributed by atoms with E-state index in [-0.39, 0.29) is 11.6 Å². The van der Waals surface area contributed by atoms with Crippen LogP contribution in [0.25, 0.3) is 0 Å². The first kappa shape index (κ1) is 12.9. The van der Waals surface area contributed by atoms with Gasteiger partial charge in [-0.25, -0.2) is 4.39 Å². The number of nitrogens with two attached hydrogens (primary N) is 1. The number of anilines is 1. The molecule has 1 fully saturated rings. The Morgan fingerprint density at radius 1 is 1.33 bits per heavy atom. The maximum absolute atomic E-state index is 13.0. The van der Waals surface area contributed by atoms with Gasteiger partial charge in [0.2, 0.25) is 0 Å². The molecule has 1 aliphatic heterocycles. The normalized spacial score (nSPS) is 24.1. The van der Waals surface area contributed by atoms with Gasteiger partial charge in [0, 0.05) is 18.8 Å². The molecule has 0 aromatic heterocycles. The molecule has 2 unspecified atom stereocenters. The highest BCUT2D eigenvalue weighted by Crippen LogP contribution is 2.24. The van der Waals surface area contributed by atoms with E-state index in [0.717, 1.165) is 19.5 Å². The topological polar surface area (TPSA) is 46.3 Å². The van der Waals surface area contributed by atoms with Gasteiger partial charge in [-0.2, -0.15) is 0 Å². The van der Waals surface area contributed by atoms with E-state index in [1.54, 1.807) is 0 Å². The lowest BCUT2D eigenvalue weighted by atomic mass is 9.91. The number of carbonyl (C=O) groups is 1. The fraction of sp³-hybridized carbons (Fsp3) is 0.500. The minimum Gasteiger partial charge on any atom is -0.398 e. The standard InChI is InChI=1S/C14H19FN2O/c1-9-5-10(2)8-17(7-9)14(18)12-4-3-11(15)6-13(12)16/h3-4,6,9-10H,5,7-8,16H2,1-2H3. The molecule has 0 spiro atoms. The first-order valence-electron chi connectivity index (χ1n) is 6.31. The van der Waals surface area contributed by atoms with E-state index in [4.69, 9.17) is 5.73 Å². The van der Waals surface area contributed by atoms with Gasteiger partial charge < -0.3 is 10.6 Å². The third kappa shape index (κ3) is 2.63. The molecule has 2 N–H and O–H groups in total. The minimum atomic E-state index is -0.413. The van der Waals surface area contributed by atoms with E-state index in [1.807, 2.05) is 4.90 Å². The lowest BCUT2D eigenvalue weighted by Gasteiger charge is -2.35. The molecule has 18 heavy (non-hydrogen) atoms. The van der Waals surface area contributed by atoms with E-state index in [1.165, 1.54) is 18.2 Å². The predicted molar refractivity (Wildman–Crippen MR) is 69.7 cm³/mol. The lowest BCUT2D eigenvalue weighted by molar-refractivity contribution is 0.0624. The third-order valence-electron chi connectivity index (χ3n) is 3.40. The maximum atomic E-state index is 13.0. The van der Waals surface area contributed by atoms with Crippen LogP contribution in [0.3, 0.4) is 0 Å². The SMILES string of the molecule is CC1CC(C)CN(C(=O)c2ccc(F)cc2N)C1. The van der Waals surface area contributed by atoms with Gasteiger partial charge >= 0.3 is 0 Å². The zero-order chi connectivity index (χ0) is 13.3. The fourth-order valence-electron chi connectivity index (χ4n) is 2.73. The van der Waals surface area contributed by atoms with E-state index in [9.17, 15) is 9.18 Å². The van der Waals surface area contributed by atoms with Crippen LogP contribution in [0.5, 0.6) is 0 Å². The highest BCUT2D eigenvalue weighted by Gasteiger charge is 2.27. The van der Waals surface area contributed by atoms with Crippen LogP contribution in [0.4, 0.5) is 10.1 Å². The van der Waals surface area contributed by atoms with E-state index >= 15 is 0 Å². The van der Waals surface area contributed by atoms with Crippen LogP contribution < -0.4 is 5.73 Å². The molecule has 1 amide bonds. The molecule has 0 radical (unpaired) electrons. The van der Waals surface area contributed by atoms with Crippen molar-refractivity contribution >= 4 is 11.6 Å². The second kappa shape index (κ2) is 4.96. The summed E-state index contributed by atoms with van der Waals surface area (Å²) in [7, 11) is 0. The third-order valence-corrected chi connectivity index (χ3v) is 3.40. The number of nitrogens with zero attached hydrogens (tertiary/aromatic N) is 1. The van der Waals surface area contributed by atoms with Gasteiger partial charge in [-0.05, 0) is 36.5 Å². The molecular formula is C14H19FN2O. The van der Waals surface area contributed by atoms with E-state index in [2.05, 4.69) is 13.8 Å². The summed E-state index contributed by atoms with van der Waals surface area (Å²) in [6, 6.07) is 3.95. The van der Waals surface area contributed by atoms with Crippen molar-refractivity contribution in [3.05, 3.63) is 29.6 Å². The molecule has 1 heterocycles. The largest absolute Gasteiger partial charge is 0.398 e. The Morgan fingerprint density at radius 3 is 2.50 bits per heavy atom. The number of amides is 1. The van der Waals surface area contributed by atoms with Gasteiger partial charge in [-0.1, -0.05) is 13.8 Å². The molecule has 1 aromatic carbocycles. The average Bonchev–Trinajstić information content (AvgIpc) is 2.26. The van der Waals surface area contributed by atoms with Crippen molar-refractivity contribution in [2.75, 3.05) is 18.8 Å². The van der Waals surface area contributed by atoms with Crippen LogP contribution in [-0.4, -0.2) is 23.9 Å². The smallest absolute Gasteiger partial charge is 0.255 e. The van der Waals surface area contributed by atoms with Gasteiger partial charge in [0.05, 0.1) is 5.56 Å². The highest BCUT2D eigenvalue weighted by molar-refractivity contribution is 5.99. The first-order valence-corrected chi connectivity index (χ1v) is 6.31. The van der Waals surface area contributed by atoms with E-state index < -0.39 is 5.82 Å². The van der Waals surface area contributed by atoms with Gasteiger partial charge in [0.1, 0.15) is 5.82 Å². The predicted octanol–water partition coefficient (Wildman–Crippen LogP) is 2.53. The summed E-state index contributed by atoms with van der Waals surface area (Å²) in [5, 5.41) is 0. The van der Waals surface area contributed by atoms with Crippen molar-refractivity contribution < 1.29 is 9.18 Å². The molecule has 0 saturated carbocycles. The Hall–Kier alpha value is -1.58. The summed E-state index contributed by atoms with van der Waals surface area (Å²) in [5.74, 6) is 0.495. The summed E-state index contributed by atoms with van der Waals surface area (Å²) in [5.41, 5.74) is 6.33. The van der Waals surface area contributed by atoms with Crippen molar-refractivity contribution in [2.45, 2.75) is 20.3 Å². The molecule has 1 aliphatic rings. The highest BCUT2D eigenvalue weighted by atomic mass is 19.1. The van der Waals surface area contributed by atoms with Crippen LogP contribution >= 0.6 is 0 Å². The zero-order valence-corrected chi connectivity index (χ0v) is 10.8. The minimum absolute atomic E-state index is 0.0918.